The Hall–Kier alpha value is -0.130. The lowest BCUT2D eigenvalue weighted by atomic mass is 10.1. The molecule has 0 aromatic carbocycles. The number of nitrogens with zero attached hydrogens (tertiary/aromatic N) is 1. The van der Waals surface area contributed by atoms with Gasteiger partial charge in [0.15, 0.2) is 0 Å². The lowest BCUT2D eigenvalue weighted by molar-refractivity contribution is -0.890. The minimum Gasteiger partial charge on any atom is -0.748 e. The van der Waals surface area contributed by atoms with Crippen LogP contribution < -0.4 is 0 Å². The molecule has 0 atom stereocenters. The molecular weight excluding hydrogens is 382 g/mol. The van der Waals surface area contributed by atoms with E-state index < -0.39 is 10.1 Å². The summed E-state index contributed by atoms with van der Waals surface area (Å²) in [4.78, 5) is 0. The molecule has 0 aromatic heterocycles. The van der Waals surface area contributed by atoms with E-state index >= 15 is 0 Å². The van der Waals surface area contributed by atoms with Gasteiger partial charge < -0.3 is 9.04 Å². The molecule has 4 nitrogen and oxygen atoms in total. The van der Waals surface area contributed by atoms with Crippen molar-refractivity contribution in [2.24, 2.45) is 0 Å². The monoisotopic (exact) mass is 435 g/mol. The SMILES string of the molecule is CCCCCCCCCC[N+](C)(C)CCCCCCCCCC.CCS(=O)(=O)[O-]. The Balaban J connectivity index is 0. The van der Waals surface area contributed by atoms with Crippen LogP contribution in [0.2, 0.25) is 0 Å². The fourth-order valence-corrected chi connectivity index (χ4v) is 3.46. The molecule has 0 aromatic rings. The standard InChI is InChI=1S/C22H48N.C2H6O3S/c1-5-7-9-11-13-15-17-19-21-23(3,4)22-20-18-16-14-12-10-8-6-2;1-2-6(3,4)5/h5-22H2,1-4H3;2H2,1H3,(H,3,4,5)/q+1;/p-1. The molecule has 0 spiro atoms. The quantitative estimate of drug-likeness (QED) is 0.126. The van der Waals surface area contributed by atoms with Crippen LogP contribution in [0, 0.1) is 0 Å². The highest BCUT2D eigenvalue weighted by atomic mass is 32.2. The molecule has 0 saturated heterocycles. The van der Waals surface area contributed by atoms with E-state index in [0.29, 0.717) is 0 Å². The number of hydrogen-bond donors (Lipinski definition) is 0. The van der Waals surface area contributed by atoms with Crippen LogP contribution in [-0.2, 0) is 10.1 Å². The molecule has 178 valence electrons. The van der Waals surface area contributed by atoms with Crippen molar-refractivity contribution in [2.75, 3.05) is 32.9 Å². The third-order valence-electron chi connectivity index (χ3n) is 5.59. The van der Waals surface area contributed by atoms with Crippen molar-refractivity contribution in [3.05, 3.63) is 0 Å². The van der Waals surface area contributed by atoms with Gasteiger partial charge in [-0.15, -0.1) is 0 Å². The van der Waals surface area contributed by atoms with E-state index in [-0.39, 0.29) is 5.75 Å². The minimum atomic E-state index is -3.91. The van der Waals surface area contributed by atoms with Crippen LogP contribution in [0.5, 0.6) is 0 Å². The Labute approximate surface area is 184 Å². The molecule has 0 fully saturated rings. The van der Waals surface area contributed by atoms with E-state index in [9.17, 15) is 13.0 Å². The third kappa shape index (κ3) is 30.2. The summed E-state index contributed by atoms with van der Waals surface area (Å²) in [5.74, 6) is -0.312. The van der Waals surface area contributed by atoms with Crippen LogP contribution in [0.1, 0.15) is 124 Å². The molecule has 0 unspecified atom stereocenters. The highest BCUT2D eigenvalue weighted by Gasteiger charge is 2.13. The number of rotatable bonds is 19. The van der Waals surface area contributed by atoms with E-state index in [1.807, 2.05) is 0 Å². The summed E-state index contributed by atoms with van der Waals surface area (Å²) < 4.78 is 29.6. The molecule has 5 heteroatoms. The van der Waals surface area contributed by atoms with Crippen molar-refractivity contribution in [3.8, 4) is 0 Å². The Morgan fingerprint density at radius 1 is 0.552 bits per heavy atom. The van der Waals surface area contributed by atoms with Gasteiger partial charge in [0, 0.05) is 5.75 Å². The van der Waals surface area contributed by atoms with Crippen molar-refractivity contribution in [1.29, 1.82) is 0 Å². The third-order valence-corrected chi connectivity index (χ3v) is 6.29. The van der Waals surface area contributed by atoms with Crippen LogP contribution in [0.3, 0.4) is 0 Å². The molecule has 0 amide bonds. The maximum atomic E-state index is 9.44. The van der Waals surface area contributed by atoms with Gasteiger partial charge in [0.1, 0.15) is 0 Å². The molecule has 0 bridgehead atoms. The molecule has 0 aliphatic rings. The van der Waals surface area contributed by atoms with Crippen molar-refractivity contribution in [1.82, 2.24) is 0 Å². The molecule has 0 aliphatic carbocycles. The zero-order valence-corrected chi connectivity index (χ0v) is 21.3. The van der Waals surface area contributed by atoms with Gasteiger partial charge in [-0.1, -0.05) is 97.8 Å². The van der Waals surface area contributed by atoms with Gasteiger partial charge in [-0.25, -0.2) is 8.42 Å². The van der Waals surface area contributed by atoms with Gasteiger partial charge in [-0.05, 0) is 25.7 Å². The summed E-state index contributed by atoms with van der Waals surface area (Å²) in [7, 11) is 0.954. The topological polar surface area (TPSA) is 57.2 Å². The second-order valence-electron chi connectivity index (χ2n) is 9.18. The highest BCUT2D eigenvalue weighted by molar-refractivity contribution is 7.85. The Morgan fingerprint density at radius 2 is 0.793 bits per heavy atom. The average Bonchev–Trinajstić information content (AvgIpc) is 2.66. The molecule has 0 N–H and O–H groups in total. The Bertz CT molecular complexity index is 400. The zero-order valence-electron chi connectivity index (χ0n) is 20.5. The van der Waals surface area contributed by atoms with Crippen molar-refractivity contribution >= 4 is 10.1 Å². The highest BCUT2D eigenvalue weighted by Crippen LogP contribution is 2.13. The summed E-state index contributed by atoms with van der Waals surface area (Å²) in [5.41, 5.74) is 0. The summed E-state index contributed by atoms with van der Waals surface area (Å²) in [6.45, 7) is 8.66. The van der Waals surface area contributed by atoms with Gasteiger partial charge in [-0.2, -0.15) is 0 Å². The molecule has 0 aliphatic heterocycles. The molecule has 0 radical (unpaired) electrons. The molecule has 0 rings (SSSR count). The lowest BCUT2D eigenvalue weighted by Gasteiger charge is -2.30. The van der Waals surface area contributed by atoms with Gasteiger partial charge >= 0.3 is 0 Å². The molecule has 29 heavy (non-hydrogen) atoms. The fraction of sp³-hybridized carbons (Fsp3) is 1.00. The second kappa shape index (κ2) is 21.1. The summed E-state index contributed by atoms with van der Waals surface area (Å²) in [5, 5.41) is 0. The van der Waals surface area contributed by atoms with E-state index in [1.165, 1.54) is 127 Å². The minimum absolute atomic E-state index is 0.312. The first-order valence-electron chi connectivity index (χ1n) is 12.4. The van der Waals surface area contributed by atoms with Crippen molar-refractivity contribution in [2.45, 2.75) is 124 Å². The lowest BCUT2D eigenvalue weighted by Crippen LogP contribution is -2.41. The maximum Gasteiger partial charge on any atom is 0.0943 e. The van der Waals surface area contributed by atoms with Gasteiger partial charge in [-0.3, -0.25) is 0 Å². The first-order chi connectivity index (χ1) is 13.7. The fourth-order valence-electron chi connectivity index (χ4n) is 3.46. The summed E-state index contributed by atoms with van der Waals surface area (Å²) >= 11 is 0. The van der Waals surface area contributed by atoms with Crippen molar-refractivity contribution < 1.29 is 17.5 Å². The molecule has 0 heterocycles. The van der Waals surface area contributed by atoms with Crippen LogP contribution in [0.25, 0.3) is 0 Å². The van der Waals surface area contributed by atoms with Gasteiger partial charge in [0.25, 0.3) is 0 Å². The molecular formula is C24H53NO3S. The number of unbranched alkanes of at least 4 members (excludes halogenated alkanes) is 14. The van der Waals surface area contributed by atoms with Crippen LogP contribution >= 0.6 is 0 Å². The molecule has 0 saturated carbocycles. The van der Waals surface area contributed by atoms with Crippen LogP contribution in [-0.4, -0.2) is 50.4 Å². The van der Waals surface area contributed by atoms with Crippen LogP contribution in [0.4, 0.5) is 0 Å². The second-order valence-corrected chi connectivity index (χ2v) is 10.9. The smallest absolute Gasteiger partial charge is 0.0943 e. The zero-order chi connectivity index (χ0) is 22.4. The predicted octanol–water partition coefficient (Wildman–Crippen LogP) is 6.90. The Morgan fingerprint density at radius 3 is 1.03 bits per heavy atom. The largest absolute Gasteiger partial charge is 0.748 e. The van der Waals surface area contributed by atoms with E-state index in [1.54, 1.807) is 0 Å². The average molecular weight is 436 g/mol. The number of quaternary nitrogens is 1. The normalized spacial score (nSPS) is 11.9. The van der Waals surface area contributed by atoms with E-state index in [0.717, 1.165) is 0 Å². The summed E-state index contributed by atoms with van der Waals surface area (Å²) in [6, 6.07) is 0. The maximum absolute atomic E-state index is 9.44. The van der Waals surface area contributed by atoms with Crippen molar-refractivity contribution in [3.63, 3.8) is 0 Å². The van der Waals surface area contributed by atoms with Gasteiger partial charge in [0.2, 0.25) is 0 Å². The first kappa shape index (κ1) is 31.1. The van der Waals surface area contributed by atoms with Gasteiger partial charge in [0.05, 0.1) is 37.3 Å². The predicted molar refractivity (Wildman–Crippen MR) is 127 cm³/mol. The van der Waals surface area contributed by atoms with E-state index in [4.69, 9.17) is 0 Å². The first-order valence-corrected chi connectivity index (χ1v) is 14.0. The number of hydrogen-bond acceptors (Lipinski definition) is 3. The Kier molecular flexibility index (Phi) is 22.6. The van der Waals surface area contributed by atoms with Crippen LogP contribution in [0.15, 0.2) is 0 Å². The van der Waals surface area contributed by atoms with E-state index in [2.05, 4.69) is 27.9 Å². The summed E-state index contributed by atoms with van der Waals surface area (Å²) in [6.07, 6.45) is 23.0.